The van der Waals surface area contributed by atoms with Gasteiger partial charge in [-0.1, -0.05) is 36.4 Å². The van der Waals surface area contributed by atoms with Crippen LogP contribution < -0.4 is 10.1 Å². The molecule has 3 aromatic rings. The van der Waals surface area contributed by atoms with Crippen molar-refractivity contribution in [2.45, 2.75) is 18.9 Å². The summed E-state index contributed by atoms with van der Waals surface area (Å²) < 4.78 is 20.1. The van der Waals surface area contributed by atoms with Crippen LogP contribution in [-0.2, 0) is 4.79 Å². The summed E-state index contributed by atoms with van der Waals surface area (Å²) in [7, 11) is 0. The molecule has 0 radical (unpaired) electrons. The molecule has 1 amide bonds. The van der Waals surface area contributed by atoms with Gasteiger partial charge in [-0.2, -0.15) is 0 Å². The monoisotopic (exact) mass is 433 g/mol. The Hall–Kier alpha value is -3.25. The number of carbonyl (C=O) groups is 1. The lowest BCUT2D eigenvalue weighted by Crippen LogP contribution is -2.45. The van der Waals surface area contributed by atoms with Crippen molar-refractivity contribution in [3.8, 4) is 5.75 Å². The number of nitrogens with zero attached hydrogens (tertiary/aromatic N) is 2. The van der Waals surface area contributed by atoms with E-state index < -0.39 is 6.04 Å². The number of ether oxygens (including phenoxy) is 1. The third-order valence-electron chi connectivity index (χ3n) is 5.76. The topological polar surface area (TPSA) is 54.5 Å². The zero-order chi connectivity index (χ0) is 22.2. The van der Waals surface area contributed by atoms with Crippen molar-refractivity contribution < 1.29 is 13.9 Å². The largest absolute Gasteiger partial charge is 0.492 e. The van der Waals surface area contributed by atoms with Gasteiger partial charge in [0.2, 0.25) is 5.91 Å². The van der Waals surface area contributed by atoms with E-state index in [4.69, 9.17) is 4.74 Å². The predicted molar refractivity (Wildman–Crippen MR) is 122 cm³/mol. The van der Waals surface area contributed by atoms with Crippen LogP contribution in [0.5, 0.6) is 5.75 Å². The summed E-state index contributed by atoms with van der Waals surface area (Å²) in [5, 5.41) is 3.32. The van der Waals surface area contributed by atoms with E-state index in [0.29, 0.717) is 24.4 Å². The van der Waals surface area contributed by atoms with Gasteiger partial charge in [0, 0.05) is 12.1 Å². The molecule has 0 bridgehead atoms. The molecular formula is C26H28FN3O2. The molecule has 0 aliphatic carbocycles. The van der Waals surface area contributed by atoms with Crippen molar-refractivity contribution in [3.05, 3.63) is 96.1 Å². The number of hydrogen-bond acceptors (Lipinski definition) is 4. The number of piperidine rings is 1. The van der Waals surface area contributed by atoms with Crippen LogP contribution in [0.15, 0.2) is 79.0 Å². The zero-order valence-electron chi connectivity index (χ0n) is 18.0. The Kier molecular flexibility index (Phi) is 7.46. The van der Waals surface area contributed by atoms with Crippen molar-refractivity contribution in [2.24, 2.45) is 5.92 Å². The molecule has 2 aromatic carbocycles. The third-order valence-corrected chi connectivity index (χ3v) is 5.76. The average Bonchev–Trinajstić information content (AvgIpc) is 2.85. The number of nitrogens with one attached hydrogen (secondary N) is 1. The molecule has 1 N–H and O–H groups in total. The van der Waals surface area contributed by atoms with E-state index in [1.54, 1.807) is 12.3 Å². The summed E-state index contributed by atoms with van der Waals surface area (Å²) in [6, 6.07) is 21.1. The second-order valence-electron chi connectivity index (χ2n) is 7.93. The second kappa shape index (κ2) is 10.9. The standard InChI is InChI=1S/C26H28FN3O2/c27-22-8-6-7-21(19-22)25(24-11-4-5-14-29-24)30(26(31)20-12-15-28-16-13-20)17-18-32-23-9-2-1-3-10-23/h1-11,14,19-20,25,28H,12-13,15-18H2/t25-/m0/s1. The molecule has 1 aromatic heterocycles. The van der Waals surface area contributed by atoms with Crippen LogP contribution in [0.3, 0.4) is 0 Å². The third kappa shape index (κ3) is 5.51. The molecule has 4 rings (SSSR count). The van der Waals surface area contributed by atoms with Crippen LogP contribution in [-0.4, -0.2) is 42.0 Å². The number of pyridine rings is 1. The SMILES string of the molecule is O=C(C1CCNCC1)N(CCOc1ccccc1)[C@@H](c1cccc(F)c1)c1ccccn1. The summed E-state index contributed by atoms with van der Waals surface area (Å²) >= 11 is 0. The van der Waals surface area contributed by atoms with Crippen molar-refractivity contribution >= 4 is 5.91 Å². The Morgan fingerprint density at radius 2 is 1.84 bits per heavy atom. The van der Waals surface area contributed by atoms with E-state index in [1.807, 2.05) is 59.5 Å². The first-order valence-corrected chi connectivity index (χ1v) is 11.1. The Balaban J connectivity index is 1.65. The molecule has 1 atom stereocenters. The van der Waals surface area contributed by atoms with E-state index in [1.165, 1.54) is 12.1 Å². The highest BCUT2D eigenvalue weighted by Gasteiger charge is 2.33. The predicted octanol–water partition coefficient (Wildman–Crippen LogP) is 4.22. The van der Waals surface area contributed by atoms with Gasteiger partial charge in [0.05, 0.1) is 18.3 Å². The van der Waals surface area contributed by atoms with E-state index in [2.05, 4.69) is 10.3 Å². The van der Waals surface area contributed by atoms with Gasteiger partial charge in [-0.15, -0.1) is 0 Å². The van der Waals surface area contributed by atoms with Crippen molar-refractivity contribution in [2.75, 3.05) is 26.2 Å². The molecule has 1 aliphatic heterocycles. The first-order valence-electron chi connectivity index (χ1n) is 11.1. The number of benzene rings is 2. The lowest BCUT2D eigenvalue weighted by atomic mass is 9.93. The van der Waals surface area contributed by atoms with Gasteiger partial charge in [0.15, 0.2) is 0 Å². The van der Waals surface area contributed by atoms with Crippen LogP contribution in [0.4, 0.5) is 4.39 Å². The summed E-state index contributed by atoms with van der Waals surface area (Å²) in [6.45, 7) is 2.34. The van der Waals surface area contributed by atoms with Crippen LogP contribution in [0, 0.1) is 11.7 Å². The van der Waals surface area contributed by atoms with Crippen LogP contribution in [0.2, 0.25) is 0 Å². The van der Waals surface area contributed by atoms with Crippen molar-refractivity contribution in [1.82, 2.24) is 15.2 Å². The highest BCUT2D eigenvalue weighted by Crippen LogP contribution is 2.30. The molecule has 1 aliphatic rings. The number of para-hydroxylation sites is 1. The number of aromatic nitrogens is 1. The first kappa shape index (κ1) is 22.0. The molecule has 1 fully saturated rings. The minimum Gasteiger partial charge on any atom is -0.492 e. The molecule has 0 unspecified atom stereocenters. The Morgan fingerprint density at radius 3 is 2.56 bits per heavy atom. The number of halogens is 1. The molecule has 166 valence electrons. The minimum absolute atomic E-state index is 0.0584. The average molecular weight is 434 g/mol. The molecular weight excluding hydrogens is 405 g/mol. The molecule has 0 saturated carbocycles. The van der Waals surface area contributed by atoms with Gasteiger partial charge in [-0.05, 0) is 67.9 Å². The first-order chi connectivity index (χ1) is 15.7. The van der Waals surface area contributed by atoms with Crippen molar-refractivity contribution in [1.29, 1.82) is 0 Å². The Bertz CT molecular complexity index is 994. The van der Waals surface area contributed by atoms with Gasteiger partial charge < -0.3 is 15.0 Å². The van der Waals surface area contributed by atoms with Crippen molar-refractivity contribution in [3.63, 3.8) is 0 Å². The highest BCUT2D eigenvalue weighted by molar-refractivity contribution is 5.80. The van der Waals surface area contributed by atoms with Crippen LogP contribution >= 0.6 is 0 Å². The molecule has 2 heterocycles. The highest BCUT2D eigenvalue weighted by atomic mass is 19.1. The molecule has 5 nitrogen and oxygen atoms in total. The van der Waals surface area contributed by atoms with Gasteiger partial charge in [-0.3, -0.25) is 9.78 Å². The number of carbonyl (C=O) groups excluding carboxylic acids is 1. The van der Waals surface area contributed by atoms with E-state index in [0.717, 1.165) is 31.7 Å². The van der Waals surface area contributed by atoms with E-state index in [9.17, 15) is 9.18 Å². The summed E-state index contributed by atoms with van der Waals surface area (Å²) in [5.41, 5.74) is 1.41. The number of rotatable bonds is 8. The Morgan fingerprint density at radius 1 is 1.06 bits per heavy atom. The van der Waals surface area contributed by atoms with E-state index >= 15 is 0 Å². The van der Waals surface area contributed by atoms with Gasteiger partial charge >= 0.3 is 0 Å². The fourth-order valence-corrected chi connectivity index (χ4v) is 4.17. The quantitative estimate of drug-likeness (QED) is 0.578. The fraction of sp³-hybridized carbons (Fsp3) is 0.308. The number of hydrogen-bond donors (Lipinski definition) is 1. The smallest absolute Gasteiger partial charge is 0.226 e. The lowest BCUT2D eigenvalue weighted by molar-refractivity contribution is -0.138. The van der Waals surface area contributed by atoms with Crippen LogP contribution in [0.25, 0.3) is 0 Å². The van der Waals surface area contributed by atoms with E-state index in [-0.39, 0.29) is 17.6 Å². The molecule has 32 heavy (non-hydrogen) atoms. The molecule has 6 heteroatoms. The fourth-order valence-electron chi connectivity index (χ4n) is 4.17. The number of amides is 1. The van der Waals surface area contributed by atoms with Crippen LogP contribution in [0.1, 0.15) is 30.1 Å². The van der Waals surface area contributed by atoms with Gasteiger partial charge in [-0.25, -0.2) is 4.39 Å². The van der Waals surface area contributed by atoms with Gasteiger partial charge in [0.25, 0.3) is 0 Å². The maximum atomic E-state index is 14.2. The summed E-state index contributed by atoms with van der Waals surface area (Å²) in [5.74, 6) is 0.399. The van der Waals surface area contributed by atoms with Gasteiger partial charge in [0.1, 0.15) is 18.2 Å². The summed E-state index contributed by atoms with van der Waals surface area (Å²) in [6.07, 6.45) is 3.27. The second-order valence-corrected chi connectivity index (χ2v) is 7.93. The normalized spacial score (nSPS) is 15.2. The minimum atomic E-state index is -0.492. The molecule has 1 saturated heterocycles. The lowest BCUT2D eigenvalue weighted by Gasteiger charge is -2.35. The maximum Gasteiger partial charge on any atom is 0.226 e. The Labute approximate surface area is 188 Å². The summed E-state index contributed by atoms with van der Waals surface area (Å²) in [4.78, 5) is 20.1. The molecule has 0 spiro atoms. The maximum absolute atomic E-state index is 14.2. The zero-order valence-corrected chi connectivity index (χ0v) is 18.0.